The average Bonchev–Trinajstić information content (AvgIpc) is 2.58. The third kappa shape index (κ3) is 4.59. The van der Waals surface area contributed by atoms with Crippen LogP contribution in [0.3, 0.4) is 0 Å². The molecule has 0 nitrogen and oxygen atoms in total. The lowest BCUT2D eigenvalue weighted by Crippen LogP contribution is -2.11. The fourth-order valence-corrected chi connectivity index (χ4v) is 2.54. The van der Waals surface area contributed by atoms with Crippen LogP contribution in [0, 0.1) is 17.4 Å². The van der Waals surface area contributed by atoms with Crippen molar-refractivity contribution in [2.24, 2.45) is 0 Å². The standard InChI is InChI=1S/C18H20.2C2H6/c1-5-15-11-7-9-13(3)17(15)18-14(4)10-8-12-16(18)6-2;2*1-2/h6-12H,3,5H2,1-2,4H3;2*1-2H3/b16-6-,18-17+;;. The topological polar surface area (TPSA) is 0 Å². The number of rotatable bonds is 1. The van der Waals surface area contributed by atoms with Gasteiger partial charge < -0.3 is 0 Å². The van der Waals surface area contributed by atoms with Crippen LogP contribution in [0.4, 0.5) is 0 Å². The molecule has 0 radical (unpaired) electrons. The molecule has 2 rings (SSSR count). The molecule has 0 saturated heterocycles. The molecule has 0 amide bonds. The SMILES string of the molecule is C=c1cccc(CC)/c1=c1\c(C)ccc\c1=C\C.CC.CC. The van der Waals surface area contributed by atoms with Crippen molar-refractivity contribution in [2.75, 3.05) is 0 Å². The molecule has 0 aromatic heterocycles. The maximum Gasteiger partial charge on any atom is -0.00768 e. The Morgan fingerprint density at radius 3 is 2.05 bits per heavy atom. The average molecular weight is 296 g/mol. The minimum Gasteiger partial charge on any atom is -0.0911 e. The van der Waals surface area contributed by atoms with Gasteiger partial charge in [-0.1, -0.05) is 83.7 Å². The summed E-state index contributed by atoms with van der Waals surface area (Å²) >= 11 is 0. The van der Waals surface area contributed by atoms with E-state index < -0.39 is 0 Å². The van der Waals surface area contributed by atoms with Gasteiger partial charge in [-0.25, -0.2) is 0 Å². The molecule has 0 atom stereocenters. The quantitative estimate of drug-likeness (QED) is 0.686. The molecular weight excluding hydrogens is 264 g/mol. The maximum absolute atomic E-state index is 4.21. The van der Waals surface area contributed by atoms with Crippen LogP contribution in [0.25, 0.3) is 12.7 Å². The molecule has 0 bridgehead atoms. The maximum atomic E-state index is 4.21. The van der Waals surface area contributed by atoms with Crippen LogP contribution in [-0.2, 0) is 6.42 Å². The van der Waals surface area contributed by atoms with Gasteiger partial charge in [-0.3, -0.25) is 0 Å². The molecule has 0 aliphatic carbocycles. The van der Waals surface area contributed by atoms with Gasteiger partial charge in [0.15, 0.2) is 0 Å². The Morgan fingerprint density at radius 1 is 0.909 bits per heavy atom. The van der Waals surface area contributed by atoms with Crippen LogP contribution in [0.1, 0.15) is 52.7 Å². The van der Waals surface area contributed by atoms with E-state index in [0.717, 1.165) is 11.6 Å². The number of hydrogen-bond acceptors (Lipinski definition) is 0. The molecule has 0 heterocycles. The van der Waals surface area contributed by atoms with Crippen molar-refractivity contribution < 1.29 is 0 Å². The third-order valence-corrected chi connectivity index (χ3v) is 3.48. The Balaban J connectivity index is 0.00000102. The molecule has 2 aromatic carbocycles. The zero-order valence-electron chi connectivity index (χ0n) is 15.5. The fraction of sp³-hybridized carbons (Fsp3) is 0.364. The second-order valence-corrected chi connectivity index (χ2v) is 4.63. The van der Waals surface area contributed by atoms with E-state index in [1.807, 2.05) is 27.7 Å². The van der Waals surface area contributed by atoms with Gasteiger partial charge >= 0.3 is 0 Å². The lowest BCUT2D eigenvalue weighted by atomic mass is 10.0. The Hall–Kier alpha value is -1.82. The summed E-state index contributed by atoms with van der Waals surface area (Å²) in [5, 5.41) is 5.06. The first-order chi connectivity index (χ1) is 10.7. The number of hydrogen-bond donors (Lipinski definition) is 0. The van der Waals surface area contributed by atoms with E-state index >= 15 is 0 Å². The van der Waals surface area contributed by atoms with Gasteiger partial charge in [-0.2, -0.15) is 0 Å². The molecule has 0 unspecified atom stereocenters. The Kier molecular flexibility index (Phi) is 9.95. The predicted octanol–water partition coefficient (Wildman–Crippen LogP) is 5.11. The molecule has 0 aliphatic heterocycles. The van der Waals surface area contributed by atoms with Gasteiger partial charge in [0, 0.05) is 0 Å². The van der Waals surface area contributed by atoms with Crippen molar-refractivity contribution >= 4 is 12.7 Å². The van der Waals surface area contributed by atoms with Crippen molar-refractivity contribution in [1.29, 1.82) is 0 Å². The highest BCUT2D eigenvalue weighted by Gasteiger charge is 1.98. The molecule has 0 fully saturated rings. The summed E-state index contributed by atoms with van der Waals surface area (Å²) in [6.07, 6.45) is 3.21. The van der Waals surface area contributed by atoms with Gasteiger partial charge in [0.05, 0.1) is 0 Å². The largest absolute Gasteiger partial charge is 0.0911 e. The zero-order chi connectivity index (χ0) is 17.1. The second kappa shape index (κ2) is 10.8. The molecular formula is C22H32. The van der Waals surface area contributed by atoms with Gasteiger partial charge in [0.25, 0.3) is 0 Å². The molecule has 0 spiro atoms. The summed E-state index contributed by atoms with van der Waals surface area (Å²) in [7, 11) is 0. The number of benzene rings is 2. The third-order valence-electron chi connectivity index (χ3n) is 3.48. The van der Waals surface area contributed by atoms with Crippen LogP contribution in [0.15, 0.2) is 36.4 Å². The summed E-state index contributed by atoms with van der Waals surface area (Å²) in [5.74, 6) is 0. The van der Waals surface area contributed by atoms with Gasteiger partial charge in [0.1, 0.15) is 0 Å². The first-order valence-corrected chi connectivity index (χ1v) is 8.52. The molecule has 0 heteroatoms. The summed E-state index contributed by atoms with van der Waals surface area (Å²) in [6.45, 7) is 18.7. The lowest BCUT2D eigenvalue weighted by Gasteiger charge is -2.03. The highest BCUT2D eigenvalue weighted by molar-refractivity contribution is 5.33. The summed E-state index contributed by atoms with van der Waals surface area (Å²) in [5.41, 5.74) is 2.69. The first kappa shape index (κ1) is 20.2. The van der Waals surface area contributed by atoms with E-state index in [1.54, 1.807) is 0 Å². The van der Waals surface area contributed by atoms with Crippen molar-refractivity contribution in [2.45, 2.75) is 54.9 Å². The smallest absolute Gasteiger partial charge is 0.00768 e. The Morgan fingerprint density at radius 2 is 1.50 bits per heavy atom. The second-order valence-electron chi connectivity index (χ2n) is 4.63. The normalized spacial score (nSPS) is 11.9. The van der Waals surface area contributed by atoms with Crippen molar-refractivity contribution in [3.63, 3.8) is 0 Å². The highest BCUT2D eigenvalue weighted by Crippen LogP contribution is 2.03. The van der Waals surface area contributed by atoms with Crippen LogP contribution in [-0.4, -0.2) is 0 Å². The van der Waals surface area contributed by atoms with Crippen LogP contribution in [0.5, 0.6) is 0 Å². The van der Waals surface area contributed by atoms with Crippen molar-refractivity contribution in [3.8, 4) is 0 Å². The van der Waals surface area contributed by atoms with E-state index in [4.69, 9.17) is 0 Å². The zero-order valence-corrected chi connectivity index (χ0v) is 15.5. The van der Waals surface area contributed by atoms with Crippen LogP contribution < -0.4 is 10.4 Å². The van der Waals surface area contributed by atoms with Gasteiger partial charge in [-0.05, 0) is 52.3 Å². The predicted molar refractivity (Wildman–Crippen MR) is 102 cm³/mol. The minimum atomic E-state index is 1.04. The molecule has 0 N–H and O–H groups in total. The van der Waals surface area contributed by atoms with E-state index in [-0.39, 0.29) is 0 Å². The fourth-order valence-electron chi connectivity index (χ4n) is 2.54. The Labute approximate surface area is 136 Å². The van der Waals surface area contributed by atoms with E-state index in [1.165, 1.54) is 26.8 Å². The van der Waals surface area contributed by atoms with Crippen LogP contribution in [0.2, 0.25) is 0 Å². The van der Waals surface area contributed by atoms with E-state index in [2.05, 4.69) is 69.8 Å². The molecule has 22 heavy (non-hydrogen) atoms. The van der Waals surface area contributed by atoms with E-state index in [9.17, 15) is 0 Å². The summed E-state index contributed by atoms with van der Waals surface area (Å²) in [4.78, 5) is 0. The minimum absolute atomic E-state index is 1.04. The van der Waals surface area contributed by atoms with Gasteiger partial charge in [-0.15, -0.1) is 0 Å². The summed E-state index contributed by atoms with van der Waals surface area (Å²) in [6, 6.07) is 12.9. The Bertz CT molecular complexity index is 752. The number of aryl methyl sites for hydroxylation is 2. The molecule has 0 saturated carbocycles. The van der Waals surface area contributed by atoms with Crippen LogP contribution >= 0.6 is 0 Å². The highest BCUT2D eigenvalue weighted by atomic mass is 14.0. The van der Waals surface area contributed by atoms with E-state index in [0.29, 0.717) is 0 Å². The molecule has 2 aromatic rings. The molecule has 120 valence electrons. The molecule has 0 aliphatic rings. The lowest BCUT2D eigenvalue weighted by molar-refractivity contribution is 1.10. The first-order valence-electron chi connectivity index (χ1n) is 8.52. The summed E-state index contributed by atoms with van der Waals surface area (Å²) < 4.78 is 0. The van der Waals surface area contributed by atoms with Crippen molar-refractivity contribution in [1.82, 2.24) is 0 Å². The van der Waals surface area contributed by atoms with Crippen molar-refractivity contribution in [3.05, 3.63) is 68.4 Å². The monoisotopic (exact) mass is 296 g/mol. The van der Waals surface area contributed by atoms with Gasteiger partial charge in [0.2, 0.25) is 0 Å².